The van der Waals surface area contributed by atoms with Crippen molar-refractivity contribution in [3.8, 4) is 0 Å². The standard InChI is InChI=1S/C21H28O3/c1-10(2)14-8-7-11(3)16-15(14)9-12(4)19(22)18-17(16)20(23)13(5)21(18)24-6/h12-16,21H,1,3,7-9H2,2,4-6H3/t12-,13+,14+,15+,16+,21-/m1/s1. The van der Waals surface area contributed by atoms with Gasteiger partial charge in [0.2, 0.25) is 0 Å². The van der Waals surface area contributed by atoms with Crippen LogP contribution in [0.2, 0.25) is 0 Å². The molecule has 0 aromatic carbocycles. The average molecular weight is 328 g/mol. The van der Waals surface area contributed by atoms with E-state index >= 15 is 0 Å². The van der Waals surface area contributed by atoms with E-state index in [1.807, 2.05) is 13.8 Å². The van der Waals surface area contributed by atoms with Crippen molar-refractivity contribution in [2.75, 3.05) is 7.11 Å². The van der Waals surface area contributed by atoms with Crippen LogP contribution in [0.3, 0.4) is 0 Å². The van der Waals surface area contributed by atoms with E-state index in [1.165, 1.54) is 0 Å². The first-order valence-corrected chi connectivity index (χ1v) is 8.97. The maximum absolute atomic E-state index is 13.1. The molecule has 0 unspecified atom stereocenters. The van der Waals surface area contributed by atoms with Crippen molar-refractivity contribution in [2.24, 2.45) is 29.6 Å². The molecule has 0 heterocycles. The van der Waals surface area contributed by atoms with Crippen molar-refractivity contribution >= 4 is 11.6 Å². The number of ether oxygens (including phenoxy) is 1. The fraction of sp³-hybridized carbons (Fsp3) is 0.619. The molecule has 3 aliphatic rings. The van der Waals surface area contributed by atoms with Crippen LogP contribution < -0.4 is 0 Å². The predicted octanol–water partition coefficient (Wildman–Crippen LogP) is 3.90. The van der Waals surface area contributed by atoms with Crippen molar-refractivity contribution in [1.82, 2.24) is 0 Å². The molecule has 6 atom stereocenters. The summed E-state index contributed by atoms with van der Waals surface area (Å²) in [6.07, 6.45) is 2.32. The summed E-state index contributed by atoms with van der Waals surface area (Å²) >= 11 is 0. The summed E-state index contributed by atoms with van der Waals surface area (Å²) in [6, 6.07) is 0. The summed E-state index contributed by atoms with van der Waals surface area (Å²) in [5.41, 5.74) is 3.61. The van der Waals surface area contributed by atoms with Crippen LogP contribution >= 0.6 is 0 Å². The highest BCUT2D eigenvalue weighted by atomic mass is 16.5. The quantitative estimate of drug-likeness (QED) is 0.722. The largest absolute Gasteiger partial charge is 0.376 e. The van der Waals surface area contributed by atoms with Gasteiger partial charge in [0.1, 0.15) is 0 Å². The smallest absolute Gasteiger partial charge is 0.165 e. The first kappa shape index (κ1) is 17.3. The van der Waals surface area contributed by atoms with Crippen molar-refractivity contribution in [1.29, 1.82) is 0 Å². The minimum atomic E-state index is -0.404. The molecule has 3 rings (SSSR count). The van der Waals surface area contributed by atoms with Gasteiger partial charge in [0.25, 0.3) is 0 Å². The van der Waals surface area contributed by atoms with Gasteiger partial charge in [0.15, 0.2) is 11.6 Å². The van der Waals surface area contributed by atoms with Crippen LogP contribution in [0.25, 0.3) is 0 Å². The van der Waals surface area contributed by atoms with E-state index in [-0.39, 0.29) is 35.2 Å². The van der Waals surface area contributed by atoms with Gasteiger partial charge >= 0.3 is 0 Å². The van der Waals surface area contributed by atoms with E-state index in [0.717, 1.165) is 30.4 Å². The summed E-state index contributed by atoms with van der Waals surface area (Å²) in [5, 5.41) is 0. The zero-order chi connectivity index (χ0) is 17.8. The Morgan fingerprint density at radius 1 is 1.17 bits per heavy atom. The number of rotatable bonds is 2. The van der Waals surface area contributed by atoms with E-state index in [9.17, 15) is 9.59 Å². The molecule has 24 heavy (non-hydrogen) atoms. The van der Waals surface area contributed by atoms with Gasteiger partial charge in [-0.2, -0.15) is 0 Å². The molecule has 3 nitrogen and oxygen atoms in total. The highest BCUT2D eigenvalue weighted by Crippen LogP contribution is 2.53. The van der Waals surface area contributed by atoms with Gasteiger partial charge in [-0.3, -0.25) is 9.59 Å². The minimum Gasteiger partial charge on any atom is -0.376 e. The number of Topliss-reactive ketones (excluding diaryl/α,β-unsaturated/α-hetero) is 2. The molecule has 3 heteroatoms. The van der Waals surface area contributed by atoms with Crippen LogP contribution in [0.4, 0.5) is 0 Å². The van der Waals surface area contributed by atoms with Gasteiger partial charge < -0.3 is 4.74 Å². The SMILES string of the molecule is C=C1CC[C@@H](C(=C)C)[C@@H]2C[C@@H](C)C(=O)C3=C(C(=O)[C@H](C)[C@H]3OC)[C@@H]12. The number of hydrogen-bond acceptors (Lipinski definition) is 3. The Morgan fingerprint density at radius 3 is 2.42 bits per heavy atom. The maximum atomic E-state index is 13.1. The highest BCUT2D eigenvalue weighted by molar-refractivity contribution is 6.13. The maximum Gasteiger partial charge on any atom is 0.165 e. The van der Waals surface area contributed by atoms with Crippen LogP contribution in [-0.4, -0.2) is 24.8 Å². The molecule has 130 valence electrons. The summed E-state index contributed by atoms with van der Waals surface area (Å²) in [7, 11) is 1.59. The van der Waals surface area contributed by atoms with Gasteiger partial charge in [0, 0.05) is 36.0 Å². The topological polar surface area (TPSA) is 43.4 Å². The van der Waals surface area contributed by atoms with E-state index in [1.54, 1.807) is 7.11 Å². The van der Waals surface area contributed by atoms with E-state index in [4.69, 9.17) is 4.74 Å². The molecule has 0 spiro atoms. The van der Waals surface area contributed by atoms with Crippen molar-refractivity contribution in [3.63, 3.8) is 0 Å². The molecule has 0 radical (unpaired) electrons. The fourth-order valence-corrected chi connectivity index (χ4v) is 5.19. The van der Waals surface area contributed by atoms with Crippen molar-refractivity contribution in [3.05, 3.63) is 35.5 Å². The zero-order valence-electron chi connectivity index (χ0n) is 15.2. The molecule has 0 aliphatic heterocycles. The van der Waals surface area contributed by atoms with Gasteiger partial charge in [-0.25, -0.2) is 0 Å². The third-order valence-electron chi connectivity index (χ3n) is 6.41. The predicted molar refractivity (Wildman–Crippen MR) is 94.4 cm³/mol. The lowest BCUT2D eigenvalue weighted by molar-refractivity contribution is -0.122. The fourth-order valence-electron chi connectivity index (χ4n) is 5.19. The molecular weight excluding hydrogens is 300 g/mol. The van der Waals surface area contributed by atoms with E-state index in [2.05, 4.69) is 20.1 Å². The second-order valence-electron chi connectivity index (χ2n) is 7.93. The summed E-state index contributed by atoms with van der Waals surface area (Å²) in [6.45, 7) is 14.4. The van der Waals surface area contributed by atoms with Gasteiger partial charge in [-0.15, -0.1) is 0 Å². The molecule has 3 aliphatic carbocycles. The third-order valence-corrected chi connectivity index (χ3v) is 6.41. The van der Waals surface area contributed by atoms with E-state index in [0.29, 0.717) is 17.1 Å². The number of methoxy groups -OCH3 is 1. The summed E-state index contributed by atoms with van der Waals surface area (Å²) in [4.78, 5) is 26.1. The van der Waals surface area contributed by atoms with Crippen LogP contribution in [0.1, 0.15) is 40.0 Å². The third kappa shape index (κ3) is 2.36. The number of hydrogen-bond donors (Lipinski definition) is 0. The van der Waals surface area contributed by atoms with E-state index < -0.39 is 6.10 Å². The molecule has 0 saturated heterocycles. The second-order valence-corrected chi connectivity index (χ2v) is 7.93. The molecular formula is C21H28O3. The van der Waals surface area contributed by atoms with Crippen molar-refractivity contribution < 1.29 is 14.3 Å². The Balaban J connectivity index is 2.19. The Morgan fingerprint density at radius 2 is 1.83 bits per heavy atom. The Kier molecular flexibility index (Phi) is 4.41. The molecule has 1 saturated carbocycles. The normalized spacial score (nSPS) is 39.6. The van der Waals surface area contributed by atoms with Crippen LogP contribution in [0.15, 0.2) is 35.5 Å². The average Bonchev–Trinajstić information content (AvgIpc) is 2.70. The van der Waals surface area contributed by atoms with Crippen LogP contribution in [0.5, 0.6) is 0 Å². The van der Waals surface area contributed by atoms with Gasteiger partial charge in [-0.1, -0.05) is 38.2 Å². The monoisotopic (exact) mass is 328 g/mol. The van der Waals surface area contributed by atoms with Crippen LogP contribution in [0, 0.1) is 29.6 Å². The molecule has 0 N–H and O–H groups in total. The zero-order valence-corrected chi connectivity index (χ0v) is 15.2. The first-order valence-electron chi connectivity index (χ1n) is 8.97. The minimum absolute atomic E-state index is 0.0144. The number of fused-ring (bicyclic) bond motifs is 2. The lowest BCUT2D eigenvalue weighted by atomic mass is 9.63. The number of carbonyl (C=O) groups excluding carboxylic acids is 2. The molecule has 0 aromatic rings. The van der Waals surface area contributed by atoms with Gasteiger partial charge in [-0.05, 0) is 38.0 Å². The van der Waals surface area contributed by atoms with Crippen LogP contribution in [-0.2, 0) is 14.3 Å². The number of ketones is 2. The molecule has 0 aromatic heterocycles. The Hall–Kier alpha value is -1.48. The number of carbonyl (C=O) groups is 2. The molecule has 0 amide bonds. The summed E-state index contributed by atoms with van der Waals surface area (Å²) < 4.78 is 5.58. The molecule has 1 fully saturated rings. The number of allylic oxidation sites excluding steroid dienone is 3. The van der Waals surface area contributed by atoms with Gasteiger partial charge in [0.05, 0.1) is 6.10 Å². The highest BCUT2D eigenvalue weighted by Gasteiger charge is 2.52. The molecule has 0 bridgehead atoms. The van der Waals surface area contributed by atoms with Crippen molar-refractivity contribution in [2.45, 2.75) is 46.1 Å². The lowest BCUT2D eigenvalue weighted by Gasteiger charge is -2.40. The Bertz CT molecular complexity index is 654. The lowest BCUT2D eigenvalue weighted by Crippen LogP contribution is -2.34. The summed E-state index contributed by atoms with van der Waals surface area (Å²) in [5.74, 6) is 0.394. The second kappa shape index (κ2) is 6.11. The Labute approximate surface area is 144 Å². The first-order chi connectivity index (χ1) is 11.3.